The van der Waals surface area contributed by atoms with E-state index in [-0.39, 0.29) is 29.8 Å². The molecule has 1 atom stereocenters. The molecule has 0 aliphatic carbocycles. The highest BCUT2D eigenvalue weighted by Gasteiger charge is 2.47. The standard InChI is InChI=1S/C30H25FN6O3/c1-30(19-11-6-17(7-12-19)10-15-23(38)39)24-26(32)33-28(34-27(24)35-29(30)40)25-21-4-2-3-5-22(21)37(36-25)16-18-8-13-20(31)14-9-18/h2-9,11-14H,10,15-16H2,1H3,(H,38,39)(H3,32,33,34,35,40). The number of carbonyl (C=O) groups is 2. The van der Waals surface area contributed by atoms with Gasteiger partial charge in [0.25, 0.3) is 0 Å². The van der Waals surface area contributed by atoms with Crippen molar-refractivity contribution in [3.63, 3.8) is 0 Å². The Hall–Kier alpha value is -5.12. The number of aryl methyl sites for hydroxylation is 1. The number of halogens is 1. The molecule has 1 amide bonds. The maximum absolute atomic E-state index is 13.4. The van der Waals surface area contributed by atoms with E-state index in [0.29, 0.717) is 35.6 Å². The number of nitrogens with two attached hydrogens (primary N) is 1. The molecule has 3 aromatic carbocycles. The Morgan fingerprint density at radius 3 is 2.45 bits per heavy atom. The quantitative estimate of drug-likeness (QED) is 0.278. The minimum absolute atomic E-state index is 0.0256. The number of aliphatic carboxylic acids is 1. The summed E-state index contributed by atoms with van der Waals surface area (Å²) >= 11 is 0. The molecule has 5 aromatic rings. The van der Waals surface area contributed by atoms with Crippen LogP contribution in [0.3, 0.4) is 0 Å². The zero-order chi connectivity index (χ0) is 28.0. The highest BCUT2D eigenvalue weighted by Crippen LogP contribution is 2.45. The van der Waals surface area contributed by atoms with E-state index in [0.717, 1.165) is 22.0 Å². The number of fused-ring (bicyclic) bond motifs is 2. The van der Waals surface area contributed by atoms with Crippen molar-refractivity contribution in [3.8, 4) is 11.5 Å². The normalized spacial score (nSPS) is 16.2. The van der Waals surface area contributed by atoms with Crippen molar-refractivity contribution in [1.82, 2.24) is 19.7 Å². The van der Waals surface area contributed by atoms with E-state index in [9.17, 15) is 14.0 Å². The summed E-state index contributed by atoms with van der Waals surface area (Å²) < 4.78 is 15.2. The van der Waals surface area contributed by atoms with Crippen LogP contribution in [0.4, 0.5) is 16.0 Å². The van der Waals surface area contributed by atoms with Crippen LogP contribution in [0.5, 0.6) is 0 Å². The molecule has 1 aliphatic heterocycles. The second-order valence-corrected chi connectivity index (χ2v) is 9.98. The average Bonchev–Trinajstić information content (AvgIpc) is 3.44. The van der Waals surface area contributed by atoms with E-state index in [1.165, 1.54) is 12.1 Å². The van der Waals surface area contributed by atoms with E-state index in [1.807, 2.05) is 48.5 Å². The van der Waals surface area contributed by atoms with Crippen LogP contribution in [0.15, 0.2) is 72.8 Å². The van der Waals surface area contributed by atoms with Crippen molar-refractivity contribution in [1.29, 1.82) is 0 Å². The number of carboxylic acid groups (broad SMARTS) is 1. The lowest BCUT2D eigenvalue weighted by molar-refractivity contribution is -0.137. The molecule has 4 N–H and O–H groups in total. The average molecular weight is 537 g/mol. The minimum atomic E-state index is -1.13. The largest absolute Gasteiger partial charge is 0.481 e. The first kappa shape index (κ1) is 25.2. The van der Waals surface area contributed by atoms with Gasteiger partial charge >= 0.3 is 5.97 Å². The Kier molecular flexibility index (Phi) is 6.02. The van der Waals surface area contributed by atoms with E-state index in [2.05, 4.69) is 10.3 Å². The zero-order valence-electron chi connectivity index (χ0n) is 21.6. The Bertz CT molecular complexity index is 1780. The number of anilines is 2. The molecule has 0 radical (unpaired) electrons. The maximum atomic E-state index is 13.4. The number of amides is 1. The summed E-state index contributed by atoms with van der Waals surface area (Å²) in [6, 6.07) is 21.2. The Balaban J connectivity index is 1.39. The van der Waals surface area contributed by atoms with E-state index < -0.39 is 11.4 Å². The number of carbonyl (C=O) groups excluding carboxylic acids is 1. The fourth-order valence-corrected chi connectivity index (χ4v) is 5.22. The molecule has 0 fully saturated rings. The van der Waals surface area contributed by atoms with Crippen molar-refractivity contribution in [2.45, 2.75) is 31.7 Å². The molecule has 10 heteroatoms. The monoisotopic (exact) mass is 536 g/mol. The van der Waals surface area contributed by atoms with Gasteiger partial charge in [-0.1, -0.05) is 54.6 Å². The van der Waals surface area contributed by atoms with Crippen LogP contribution in [0.25, 0.3) is 22.4 Å². The second-order valence-electron chi connectivity index (χ2n) is 9.98. The van der Waals surface area contributed by atoms with Gasteiger partial charge in [0.05, 0.1) is 17.6 Å². The first-order valence-electron chi connectivity index (χ1n) is 12.7. The van der Waals surface area contributed by atoms with Crippen molar-refractivity contribution < 1.29 is 19.1 Å². The third-order valence-corrected chi connectivity index (χ3v) is 7.40. The van der Waals surface area contributed by atoms with E-state index >= 15 is 0 Å². The lowest BCUT2D eigenvalue weighted by atomic mass is 9.77. The predicted molar refractivity (Wildman–Crippen MR) is 148 cm³/mol. The third kappa shape index (κ3) is 4.23. The molecule has 0 spiro atoms. The first-order chi connectivity index (χ1) is 19.2. The van der Waals surface area contributed by atoms with Gasteiger partial charge in [-0.3, -0.25) is 14.3 Å². The number of benzene rings is 3. The lowest BCUT2D eigenvalue weighted by Gasteiger charge is -2.23. The SMILES string of the molecule is CC1(c2ccc(CCC(=O)O)cc2)C(=O)Nc2nc(-c3nn(Cc4ccc(F)cc4)c4ccccc34)nc(N)c21. The molecular weight excluding hydrogens is 511 g/mol. The summed E-state index contributed by atoms with van der Waals surface area (Å²) in [4.78, 5) is 33.5. The van der Waals surface area contributed by atoms with Gasteiger partial charge in [0.1, 0.15) is 28.6 Å². The van der Waals surface area contributed by atoms with Gasteiger partial charge in [-0.15, -0.1) is 0 Å². The molecule has 40 heavy (non-hydrogen) atoms. The molecule has 3 heterocycles. The van der Waals surface area contributed by atoms with Crippen LogP contribution >= 0.6 is 0 Å². The van der Waals surface area contributed by atoms with Gasteiger partial charge in [-0.25, -0.2) is 14.4 Å². The molecule has 1 unspecified atom stereocenters. The van der Waals surface area contributed by atoms with Crippen LogP contribution in [-0.2, 0) is 28.0 Å². The number of nitrogens with one attached hydrogen (secondary N) is 1. The fraction of sp³-hybridized carbons (Fsp3) is 0.167. The molecule has 1 aliphatic rings. The summed E-state index contributed by atoms with van der Waals surface area (Å²) in [6.07, 6.45) is 0.420. The number of nitrogens with zero attached hydrogens (tertiary/aromatic N) is 4. The van der Waals surface area contributed by atoms with E-state index in [4.69, 9.17) is 20.9 Å². The number of nitrogen functional groups attached to an aromatic ring is 1. The molecule has 6 rings (SSSR count). The van der Waals surface area contributed by atoms with Gasteiger partial charge in [0.2, 0.25) is 5.91 Å². The fourth-order valence-electron chi connectivity index (χ4n) is 5.22. The summed E-state index contributed by atoms with van der Waals surface area (Å²) in [7, 11) is 0. The predicted octanol–water partition coefficient (Wildman–Crippen LogP) is 4.54. The Labute approximate surface area is 228 Å². The Morgan fingerprint density at radius 2 is 1.73 bits per heavy atom. The maximum Gasteiger partial charge on any atom is 0.303 e. The van der Waals surface area contributed by atoms with Gasteiger partial charge in [0.15, 0.2) is 5.82 Å². The summed E-state index contributed by atoms with van der Waals surface area (Å²) in [5.74, 6) is -0.700. The van der Waals surface area contributed by atoms with Crippen molar-refractivity contribution in [3.05, 3.63) is 101 Å². The Morgan fingerprint density at radius 1 is 1.02 bits per heavy atom. The zero-order valence-corrected chi connectivity index (χ0v) is 21.6. The van der Waals surface area contributed by atoms with Crippen LogP contribution < -0.4 is 11.1 Å². The van der Waals surface area contributed by atoms with Crippen LogP contribution in [0, 0.1) is 5.82 Å². The molecular formula is C30H25FN6O3. The lowest BCUT2D eigenvalue weighted by Crippen LogP contribution is -2.33. The molecule has 0 saturated heterocycles. The minimum Gasteiger partial charge on any atom is -0.481 e. The molecule has 9 nitrogen and oxygen atoms in total. The molecule has 0 saturated carbocycles. The number of aromatic nitrogens is 4. The number of hydrogen-bond acceptors (Lipinski definition) is 6. The number of rotatable bonds is 7. The van der Waals surface area contributed by atoms with Gasteiger partial charge < -0.3 is 16.2 Å². The number of para-hydroxylation sites is 1. The second kappa shape index (κ2) is 9.57. The van der Waals surface area contributed by atoms with Crippen LogP contribution in [0.1, 0.15) is 35.6 Å². The van der Waals surface area contributed by atoms with Crippen molar-refractivity contribution >= 4 is 34.4 Å². The van der Waals surface area contributed by atoms with Gasteiger partial charge in [0, 0.05) is 11.8 Å². The van der Waals surface area contributed by atoms with Crippen LogP contribution in [-0.4, -0.2) is 36.7 Å². The summed E-state index contributed by atoms with van der Waals surface area (Å²) in [6.45, 7) is 2.19. The first-order valence-corrected chi connectivity index (χ1v) is 12.7. The van der Waals surface area contributed by atoms with Crippen LogP contribution in [0.2, 0.25) is 0 Å². The smallest absolute Gasteiger partial charge is 0.303 e. The third-order valence-electron chi connectivity index (χ3n) is 7.40. The highest BCUT2D eigenvalue weighted by molar-refractivity contribution is 6.09. The number of carboxylic acids is 1. The topological polar surface area (TPSA) is 136 Å². The van der Waals surface area contributed by atoms with Crippen molar-refractivity contribution in [2.24, 2.45) is 0 Å². The molecule has 0 bridgehead atoms. The molecule has 2 aromatic heterocycles. The van der Waals surface area contributed by atoms with E-state index in [1.54, 1.807) is 23.7 Å². The number of hydrogen-bond donors (Lipinski definition) is 3. The highest BCUT2D eigenvalue weighted by atomic mass is 19.1. The summed E-state index contributed by atoms with van der Waals surface area (Å²) in [5, 5.41) is 17.4. The van der Waals surface area contributed by atoms with Crippen molar-refractivity contribution in [2.75, 3.05) is 11.1 Å². The molecule has 200 valence electrons. The van der Waals surface area contributed by atoms with Gasteiger partial charge in [-0.2, -0.15) is 5.10 Å². The van der Waals surface area contributed by atoms with Gasteiger partial charge in [-0.05, 0) is 48.2 Å². The summed E-state index contributed by atoms with van der Waals surface area (Å²) in [5.41, 5.74) is 9.65.